The van der Waals surface area contributed by atoms with Crippen LogP contribution >= 0.6 is 24.0 Å². The van der Waals surface area contributed by atoms with Gasteiger partial charge in [-0.3, -0.25) is 9.69 Å². The lowest BCUT2D eigenvalue weighted by atomic mass is 10.1. The monoisotopic (exact) mass is 357 g/mol. The van der Waals surface area contributed by atoms with Gasteiger partial charge in [-0.25, -0.2) is 0 Å². The molecule has 0 N–H and O–H groups in total. The van der Waals surface area contributed by atoms with E-state index in [0.29, 0.717) is 15.8 Å². The fourth-order valence-corrected chi connectivity index (χ4v) is 4.13. The number of hydrogen-bond donors (Lipinski definition) is 0. The molecule has 1 aromatic carbocycles. The maximum atomic E-state index is 12.6. The Morgan fingerprint density at radius 2 is 2.29 bits per heavy atom. The van der Waals surface area contributed by atoms with E-state index in [-0.39, 0.29) is 12.0 Å². The SMILES string of the molecule is C[C@H]1Cc2cc(/C=C3\SC(=S)N(Cc4ccco4)C3=O)ccc2O1. The lowest BCUT2D eigenvalue weighted by Crippen LogP contribution is -2.27. The minimum atomic E-state index is -0.0773. The van der Waals surface area contributed by atoms with E-state index in [1.54, 1.807) is 17.2 Å². The molecule has 1 atom stereocenters. The molecule has 0 saturated carbocycles. The number of hydrogen-bond acceptors (Lipinski definition) is 5. The molecule has 0 unspecified atom stereocenters. The average molecular weight is 357 g/mol. The van der Waals surface area contributed by atoms with Gasteiger partial charge in [-0.1, -0.05) is 30.0 Å². The Bertz CT molecular complexity index is 842. The summed E-state index contributed by atoms with van der Waals surface area (Å²) in [5, 5.41) is 0. The van der Waals surface area contributed by atoms with Gasteiger partial charge in [-0.15, -0.1) is 0 Å². The normalized spacial score (nSPS) is 21.5. The van der Waals surface area contributed by atoms with Gasteiger partial charge < -0.3 is 9.15 Å². The molecule has 0 aliphatic carbocycles. The van der Waals surface area contributed by atoms with Crippen LogP contribution < -0.4 is 4.74 Å². The molecule has 1 amide bonds. The first kappa shape index (κ1) is 15.5. The first-order valence-corrected chi connectivity index (χ1v) is 8.90. The Labute approximate surface area is 149 Å². The van der Waals surface area contributed by atoms with Crippen LogP contribution in [-0.2, 0) is 17.8 Å². The second-order valence-corrected chi connectivity index (χ2v) is 7.52. The molecule has 122 valence electrons. The minimum absolute atomic E-state index is 0.0773. The van der Waals surface area contributed by atoms with Crippen LogP contribution in [0.25, 0.3) is 6.08 Å². The Morgan fingerprint density at radius 3 is 3.08 bits per heavy atom. The number of rotatable bonds is 3. The summed E-state index contributed by atoms with van der Waals surface area (Å²) in [6, 6.07) is 9.66. The van der Waals surface area contributed by atoms with Crippen molar-refractivity contribution in [1.82, 2.24) is 4.90 Å². The number of thiocarbonyl (C=S) groups is 1. The van der Waals surface area contributed by atoms with Crippen molar-refractivity contribution >= 4 is 40.3 Å². The Balaban J connectivity index is 1.56. The number of carbonyl (C=O) groups excluding carboxylic acids is 1. The van der Waals surface area contributed by atoms with Gasteiger partial charge in [0.25, 0.3) is 5.91 Å². The molecular formula is C18H15NO3S2. The van der Waals surface area contributed by atoms with Crippen LogP contribution in [0.3, 0.4) is 0 Å². The number of fused-ring (bicyclic) bond motifs is 1. The van der Waals surface area contributed by atoms with Crippen molar-refractivity contribution in [3.8, 4) is 5.75 Å². The van der Waals surface area contributed by atoms with E-state index in [1.807, 2.05) is 24.3 Å². The molecule has 4 rings (SSSR count). The van der Waals surface area contributed by atoms with Crippen molar-refractivity contribution in [2.45, 2.75) is 26.0 Å². The maximum Gasteiger partial charge on any atom is 0.266 e. The molecule has 3 heterocycles. The van der Waals surface area contributed by atoms with E-state index >= 15 is 0 Å². The van der Waals surface area contributed by atoms with Crippen molar-refractivity contribution in [2.75, 3.05) is 0 Å². The second-order valence-electron chi connectivity index (χ2n) is 5.85. The van der Waals surface area contributed by atoms with E-state index in [2.05, 4.69) is 13.0 Å². The topological polar surface area (TPSA) is 42.7 Å². The minimum Gasteiger partial charge on any atom is -0.490 e. The van der Waals surface area contributed by atoms with E-state index in [9.17, 15) is 4.79 Å². The molecule has 1 aromatic heterocycles. The molecule has 0 spiro atoms. The molecule has 2 aromatic rings. The fourth-order valence-electron chi connectivity index (χ4n) is 2.88. The molecule has 24 heavy (non-hydrogen) atoms. The zero-order valence-corrected chi connectivity index (χ0v) is 14.7. The van der Waals surface area contributed by atoms with Crippen LogP contribution in [-0.4, -0.2) is 21.2 Å². The van der Waals surface area contributed by atoms with Crippen LogP contribution in [0.1, 0.15) is 23.8 Å². The Morgan fingerprint density at radius 1 is 1.42 bits per heavy atom. The lowest BCUT2D eigenvalue weighted by Gasteiger charge is -2.11. The first-order chi connectivity index (χ1) is 11.6. The molecule has 1 fully saturated rings. The molecule has 0 bridgehead atoms. The molecule has 2 aliphatic heterocycles. The summed E-state index contributed by atoms with van der Waals surface area (Å²) in [5.41, 5.74) is 2.17. The summed E-state index contributed by atoms with van der Waals surface area (Å²) in [6.07, 6.45) is 4.60. The van der Waals surface area contributed by atoms with E-state index < -0.39 is 0 Å². The van der Waals surface area contributed by atoms with Crippen molar-refractivity contribution in [1.29, 1.82) is 0 Å². The predicted octanol–water partition coefficient (Wildman–Crippen LogP) is 4.00. The van der Waals surface area contributed by atoms with Crippen molar-refractivity contribution in [2.24, 2.45) is 0 Å². The van der Waals surface area contributed by atoms with E-state index in [1.165, 1.54) is 17.3 Å². The van der Waals surface area contributed by atoms with Gasteiger partial charge in [-0.2, -0.15) is 0 Å². The van der Waals surface area contributed by atoms with Crippen molar-refractivity contribution < 1.29 is 13.9 Å². The quantitative estimate of drug-likeness (QED) is 0.613. The average Bonchev–Trinajstić information content (AvgIpc) is 3.23. The largest absolute Gasteiger partial charge is 0.490 e. The summed E-state index contributed by atoms with van der Waals surface area (Å²) in [6.45, 7) is 2.42. The van der Waals surface area contributed by atoms with E-state index in [0.717, 1.165) is 23.5 Å². The van der Waals surface area contributed by atoms with Gasteiger partial charge in [0.05, 0.1) is 17.7 Å². The van der Waals surface area contributed by atoms with Crippen molar-refractivity contribution in [3.05, 3.63) is 58.4 Å². The zero-order valence-electron chi connectivity index (χ0n) is 13.0. The summed E-state index contributed by atoms with van der Waals surface area (Å²) in [7, 11) is 0. The standard InChI is InChI=1S/C18H15NO3S2/c1-11-7-13-8-12(4-5-15(13)22-11)9-16-17(20)19(18(23)24-16)10-14-3-2-6-21-14/h2-6,8-9,11H,7,10H2,1H3/b16-9-/t11-/m0/s1. The third kappa shape index (κ3) is 2.87. The first-order valence-electron chi connectivity index (χ1n) is 7.67. The number of thioether (sulfide) groups is 1. The molecule has 1 saturated heterocycles. The van der Waals surface area contributed by atoms with Crippen LogP contribution in [0.15, 0.2) is 45.9 Å². The Hall–Kier alpha value is -2.05. The highest BCUT2D eigenvalue weighted by atomic mass is 32.2. The highest BCUT2D eigenvalue weighted by Gasteiger charge is 2.32. The number of furan rings is 1. The third-order valence-corrected chi connectivity index (χ3v) is 5.36. The van der Waals surface area contributed by atoms with Gasteiger partial charge in [0, 0.05) is 6.42 Å². The summed E-state index contributed by atoms with van der Waals surface area (Å²) in [4.78, 5) is 14.8. The molecule has 6 heteroatoms. The van der Waals surface area contributed by atoms with Gasteiger partial charge in [-0.05, 0) is 48.4 Å². The van der Waals surface area contributed by atoms with Crippen LogP contribution in [0, 0.1) is 0 Å². The molecule has 0 radical (unpaired) electrons. The predicted molar refractivity (Wildman–Crippen MR) is 97.7 cm³/mol. The van der Waals surface area contributed by atoms with Gasteiger partial charge in [0.1, 0.15) is 21.9 Å². The van der Waals surface area contributed by atoms with Crippen LogP contribution in [0.5, 0.6) is 5.75 Å². The second kappa shape index (κ2) is 6.11. The Kier molecular flexibility index (Phi) is 3.94. The number of carbonyl (C=O) groups is 1. The molecule has 2 aliphatic rings. The zero-order chi connectivity index (χ0) is 16.7. The van der Waals surface area contributed by atoms with Crippen molar-refractivity contribution in [3.63, 3.8) is 0 Å². The number of ether oxygens (including phenoxy) is 1. The van der Waals surface area contributed by atoms with E-state index in [4.69, 9.17) is 21.4 Å². The number of amides is 1. The highest BCUT2D eigenvalue weighted by Crippen LogP contribution is 2.35. The number of benzene rings is 1. The van der Waals surface area contributed by atoms with Crippen LogP contribution in [0.2, 0.25) is 0 Å². The third-order valence-electron chi connectivity index (χ3n) is 3.99. The van der Waals surface area contributed by atoms with Gasteiger partial charge in [0.15, 0.2) is 0 Å². The summed E-state index contributed by atoms with van der Waals surface area (Å²) < 4.78 is 11.6. The smallest absolute Gasteiger partial charge is 0.266 e. The van der Waals surface area contributed by atoms with Crippen LogP contribution in [0.4, 0.5) is 0 Å². The van der Waals surface area contributed by atoms with Gasteiger partial charge >= 0.3 is 0 Å². The lowest BCUT2D eigenvalue weighted by molar-refractivity contribution is -0.122. The fraction of sp³-hybridized carbons (Fsp3) is 0.222. The summed E-state index contributed by atoms with van der Waals surface area (Å²) >= 11 is 6.67. The molecular weight excluding hydrogens is 342 g/mol. The maximum absolute atomic E-state index is 12.6. The molecule has 4 nitrogen and oxygen atoms in total. The highest BCUT2D eigenvalue weighted by molar-refractivity contribution is 8.26. The summed E-state index contributed by atoms with van der Waals surface area (Å²) in [5.74, 6) is 1.58. The number of nitrogens with zero attached hydrogens (tertiary/aromatic N) is 1. The van der Waals surface area contributed by atoms with Gasteiger partial charge in [0.2, 0.25) is 0 Å².